The predicted molar refractivity (Wildman–Crippen MR) is 66.6 cm³/mol. The lowest BCUT2D eigenvalue weighted by atomic mass is 10.1. The third-order valence-electron chi connectivity index (χ3n) is 2.79. The van der Waals surface area contributed by atoms with Gasteiger partial charge in [-0.15, -0.1) is 0 Å². The summed E-state index contributed by atoms with van der Waals surface area (Å²) in [4.78, 5) is 8.48. The Balaban J connectivity index is 2.14. The number of benzene rings is 1. The molecule has 0 radical (unpaired) electrons. The molecule has 3 nitrogen and oxygen atoms in total. The lowest BCUT2D eigenvalue weighted by Gasteiger charge is -1.92. The van der Waals surface area contributed by atoms with Crippen LogP contribution in [0.25, 0.3) is 22.6 Å². The van der Waals surface area contributed by atoms with Crippen molar-refractivity contribution in [3.8, 4) is 11.5 Å². The van der Waals surface area contributed by atoms with Gasteiger partial charge in [0.1, 0.15) is 5.52 Å². The molecule has 3 aromatic rings. The number of nitrogens with zero attached hydrogens (tertiary/aromatic N) is 2. The van der Waals surface area contributed by atoms with Gasteiger partial charge in [-0.25, -0.2) is 4.98 Å². The Morgan fingerprint density at radius 3 is 2.71 bits per heavy atom. The highest BCUT2D eigenvalue weighted by Gasteiger charge is 2.07. The molecule has 0 spiro atoms. The molecule has 0 amide bonds. The molecule has 0 aliphatic heterocycles. The normalized spacial score (nSPS) is 10.9. The highest BCUT2D eigenvalue weighted by atomic mass is 16.3. The van der Waals surface area contributed by atoms with E-state index in [1.165, 1.54) is 5.56 Å². The summed E-state index contributed by atoms with van der Waals surface area (Å²) >= 11 is 0. The molecule has 84 valence electrons. The number of fused-ring (bicyclic) bond motifs is 1. The molecule has 0 saturated heterocycles. The molecule has 3 heteroatoms. The second kappa shape index (κ2) is 4.01. The van der Waals surface area contributed by atoms with Crippen LogP contribution in [-0.2, 0) is 6.42 Å². The Labute approximate surface area is 99.1 Å². The van der Waals surface area contributed by atoms with Gasteiger partial charge >= 0.3 is 0 Å². The lowest BCUT2D eigenvalue weighted by Crippen LogP contribution is -1.79. The van der Waals surface area contributed by atoms with Crippen LogP contribution < -0.4 is 0 Å². The number of hydrogen-bond acceptors (Lipinski definition) is 3. The van der Waals surface area contributed by atoms with Crippen LogP contribution in [-0.4, -0.2) is 9.97 Å². The molecule has 2 heterocycles. The van der Waals surface area contributed by atoms with Gasteiger partial charge in [0, 0.05) is 18.0 Å². The van der Waals surface area contributed by atoms with Crippen molar-refractivity contribution < 1.29 is 4.42 Å². The minimum absolute atomic E-state index is 0.649. The number of rotatable bonds is 2. The van der Waals surface area contributed by atoms with Crippen LogP contribution in [0.2, 0.25) is 0 Å². The molecule has 2 aromatic heterocycles. The van der Waals surface area contributed by atoms with E-state index in [2.05, 4.69) is 29.0 Å². The molecule has 0 aliphatic carbocycles. The Morgan fingerprint density at radius 1 is 1.12 bits per heavy atom. The molecule has 0 bridgehead atoms. The van der Waals surface area contributed by atoms with Gasteiger partial charge in [-0.2, -0.15) is 0 Å². The van der Waals surface area contributed by atoms with Crippen LogP contribution in [0.4, 0.5) is 0 Å². The Morgan fingerprint density at radius 2 is 1.94 bits per heavy atom. The zero-order chi connectivity index (χ0) is 11.7. The maximum atomic E-state index is 5.71. The molecule has 0 unspecified atom stereocenters. The summed E-state index contributed by atoms with van der Waals surface area (Å²) in [6.07, 6.45) is 4.48. The molecule has 0 N–H and O–H groups in total. The van der Waals surface area contributed by atoms with Gasteiger partial charge in [-0.1, -0.05) is 13.0 Å². The van der Waals surface area contributed by atoms with E-state index >= 15 is 0 Å². The minimum atomic E-state index is 0.649. The standard InChI is InChI=1S/C14H12N2O/c1-2-10-3-4-13-12(9-10)16-14(17-13)11-5-7-15-8-6-11/h3-9H,2H2,1H3. The highest BCUT2D eigenvalue weighted by molar-refractivity contribution is 5.76. The van der Waals surface area contributed by atoms with Crippen molar-refractivity contribution in [3.05, 3.63) is 48.3 Å². The molecule has 1 aromatic carbocycles. The number of pyridine rings is 1. The maximum absolute atomic E-state index is 5.71. The first kappa shape index (κ1) is 10.0. The van der Waals surface area contributed by atoms with E-state index in [9.17, 15) is 0 Å². The Hall–Kier alpha value is -2.16. The molecular weight excluding hydrogens is 212 g/mol. The first-order valence-electron chi connectivity index (χ1n) is 5.66. The quantitative estimate of drug-likeness (QED) is 0.669. The topological polar surface area (TPSA) is 38.9 Å². The number of hydrogen-bond donors (Lipinski definition) is 0. The van der Waals surface area contributed by atoms with E-state index < -0.39 is 0 Å². The van der Waals surface area contributed by atoms with Crippen molar-refractivity contribution in [1.82, 2.24) is 9.97 Å². The largest absolute Gasteiger partial charge is 0.436 e. The summed E-state index contributed by atoms with van der Waals surface area (Å²) in [5.74, 6) is 0.649. The summed E-state index contributed by atoms with van der Waals surface area (Å²) in [5, 5.41) is 0. The summed E-state index contributed by atoms with van der Waals surface area (Å²) < 4.78 is 5.71. The molecule has 0 fully saturated rings. The fourth-order valence-electron chi connectivity index (χ4n) is 1.81. The summed E-state index contributed by atoms with van der Waals surface area (Å²) in [7, 11) is 0. The van der Waals surface area contributed by atoms with Gasteiger partial charge in [-0.3, -0.25) is 4.98 Å². The third-order valence-corrected chi connectivity index (χ3v) is 2.79. The van der Waals surface area contributed by atoms with E-state index in [1.807, 2.05) is 18.2 Å². The van der Waals surface area contributed by atoms with E-state index in [1.54, 1.807) is 12.4 Å². The fraction of sp³-hybridized carbons (Fsp3) is 0.143. The number of oxazole rings is 1. The van der Waals surface area contributed by atoms with Gasteiger partial charge in [-0.05, 0) is 36.2 Å². The predicted octanol–water partition coefficient (Wildman–Crippen LogP) is 3.45. The molecule has 0 saturated carbocycles. The fourth-order valence-corrected chi connectivity index (χ4v) is 1.81. The van der Waals surface area contributed by atoms with Crippen LogP contribution in [0.1, 0.15) is 12.5 Å². The Kier molecular flexibility index (Phi) is 2.37. The molecule has 17 heavy (non-hydrogen) atoms. The minimum Gasteiger partial charge on any atom is -0.436 e. The summed E-state index contributed by atoms with van der Waals surface area (Å²) in [6.45, 7) is 2.13. The number of aryl methyl sites for hydroxylation is 1. The highest BCUT2D eigenvalue weighted by Crippen LogP contribution is 2.24. The van der Waals surface area contributed by atoms with Gasteiger partial charge in [0.25, 0.3) is 0 Å². The average Bonchev–Trinajstić information content (AvgIpc) is 2.82. The second-order valence-corrected chi connectivity index (χ2v) is 3.91. The summed E-state index contributed by atoms with van der Waals surface area (Å²) in [5.41, 5.74) is 3.96. The molecular formula is C14H12N2O. The van der Waals surface area contributed by atoms with Gasteiger partial charge < -0.3 is 4.42 Å². The third kappa shape index (κ3) is 1.80. The van der Waals surface area contributed by atoms with Crippen molar-refractivity contribution in [2.45, 2.75) is 13.3 Å². The van der Waals surface area contributed by atoms with E-state index in [-0.39, 0.29) is 0 Å². The van der Waals surface area contributed by atoms with Crippen LogP contribution in [0.15, 0.2) is 47.1 Å². The van der Waals surface area contributed by atoms with E-state index in [0.717, 1.165) is 23.1 Å². The molecule has 0 aliphatic rings. The van der Waals surface area contributed by atoms with Crippen molar-refractivity contribution >= 4 is 11.1 Å². The maximum Gasteiger partial charge on any atom is 0.227 e. The van der Waals surface area contributed by atoms with Crippen LogP contribution in [0.3, 0.4) is 0 Å². The smallest absolute Gasteiger partial charge is 0.227 e. The van der Waals surface area contributed by atoms with Crippen LogP contribution in [0.5, 0.6) is 0 Å². The zero-order valence-corrected chi connectivity index (χ0v) is 9.55. The number of aromatic nitrogens is 2. The summed E-state index contributed by atoms with van der Waals surface area (Å²) in [6, 6.07) is 9.91. The van der Waals surface area contributed by atoms with Crippen molar-refractivity contribution in [3.63, 3.8) is 0 Å². The van der Waals surface area contributed by atoms with Gasteiger partial charge in [0.15, 0.2) is 5.58 Å². The van der Waals surface area contributed by atoms with Crippen LogP contribution in [0, 0.1) is 0 Å². The molecule has 0 atom stereocenters. The van der Waals surface area contributed by atoms with Gasteiger partial charge in [0.2, 0.25) is 5.89 Å². The monoisotopic (exact) mass is 224 g/mol. The van der Waals surface area contributed by atoms with E-state index in [4.69, 9.17) is 4.42 Å². The second-order valence-electron chi connectivity index (χ2n) is 3.91. The Bertz CT molecular complexity index is 644. The lowest BCUT2D eigenvalue weighted by molar-refractivity contribution is 0.619. The van der Waals surface area contributed by atoms with E-state index in [0.29, 0.717) is 5.89 Å². The van der Waals surface area contributed by atoms with Gasteiger partial charge in [0.05, 0.1) is 0 Å². The van der Waals surface area contributed by atoms with Crippen molar-refractivity contribution in [1.29, 1.82) is 0 Å². The molecule has 3 rings (SSSR count). The average molecular weight is 224 g/mol. The van der Waals surface area contributed by atoms with Crippen molar-refractivity contribution in [2.75, 3.05) is 0 Å². The first-order chi connectivity index (χ1) is 8.36. The first-order valence-corrected chi connectivity index (χ1v) is 5.66. The van der Waals surface area contributed by atoms with Crippen molar-refractivity contribution in [2.24, 2.45) is 0 Å². The van der Waals surface area contributed by atoms with Crippen LogP contribution >= 0.6 is 0 Å². The SMILES string of the molecule is CCc1ccc2oc(-c3ccncc3)nc2c1. The zero-order valence-electron chi connectivity index (χ0n) is 9.55.